The molecule has 27 heavy (non-hydrogen) atoms. The van der Waals surface area contributed by atoms with Gasteiger partial charge >= 0.3 is 0 Å². The highest BCUT2D eigenvalue weighted by molar-refractivity contribution is 7.89. The molecule has 6 heteroatoms. The number of fused-ring (bicyclic) bond motifs is 1. The maximum absolute atomic E-state index is 13.0. The van der Waals surface area contributed by atoms with Crippen LogP contribution in [0.5, 0.6) is 0 Å². The van der Waals surface area contributed by atoms with E-state index in [1.165, 1.54) is 6.92 Å². The van der Waals surface area contributed by atoms with Crippen LogP contribution in [0.15, 0.2) is 47.4 Å². The predicted octanol–water partition coefficient (Wildman–Crippen LogP) is 3.33. The van der Waals surface area contributed by atoms with Crippen molar-refractivity contribution in [3.05, 3.63) is 59.2 Å². The lowest BCUT2D eigenvalue weighted by Gasteiger charge is -2.20. The van der Waals surface area contributed by atoms with Gasteiger partial charge in [0.1, 0.15) is 0 Å². The van der Waals surface area contributed by atoms with Gasteiger partial charge in [0.15, 0.2) is 0 Å². The van der Waals surface area contributed by atoms with Crippen molar-refractivity contribution < 1.29 is 13.2 Å². The monoisotopic (exact) mass is 384 g/mol. The van der Waals surface area contributed by atoms with Crippen LogP contribution in [0.3, 0.4) is 0 Å². The Kier molecular flexibility index (Phi) is 4.56. The van der Waals surface area contributed by atoms with Gasteiger partial charge in [-0.2, -0.15) is 0 Å². The van der Waals surface area contributed by atoms with E-state index in [1.807, 2.05) is 31.2 Å². The summed E-state index contributed by atoms with van der Waals surface area (Å²) in [7, 11) is -3.64. The van der Waals surface area contributed by atoms with Crippen molar-refractivity contribution in [3.8, 4) is 0 Å². The van der Waals surface area contributed by atoms with Crippen molar-refractivity contribution in [1.82, 2.24) is 4.72 Å². The number of carbonyl (C=O) groups excluding carboxylic acids is 1. The molecular weight excluding hydrogens is 360 g/mol. The molecule has 2 aromatic rings. The van der Waals surface area contributed by atoms with Gasteiger partial charge < -0.3 is 4.90 Å². The van der Waals surface area contributed by atoms with Crippen molar-refractivity contribution in [1.29, 1.82) is 0 Å². The number of sulfonamides is 1. The fraction of sp³-hybridized carbons (Fsp3) is 0.381. The number of amides is 1. The summed E-state index contributed by atoms with van der Waals surface area (Å²) in [4.78, 5) is 13.7. The van der Waals surface area contributed by atoms with Crippen LogP contribution in [0, 0.1) is 12.8 Å². The topological polar surface area (TPSA) is 66.5 Å². The molecule has 1 aliphatic carbocycles. The second-order valence-electron chi connectivity index (χ2n) is 7.56. The molecule has 0 saturated heterocycles. The van der Waals surface area contributed by atoms with Gasteiger partial charge in [0.2, 0.25) is 15.9 Å². The minimum absolute atomic E-state index is 0.0179. The number of hydrogen-bond donors (Lipinski definition) is 1. The second kappa shape index (κ2) is 6.77. The third-order valence-electron chi connectivity index (χ3n) is 5.45. The Morgan fingerprint density at radius 1 is 1.15 bits per heavy atom. The van der Waals surface area contributed by atoms with Crippen LogP contribution in [0.4, 0.5) is 5.69 Å². The lowest BCUT2D eigenvalue weighted by Crippen LogP contribution is -2.30. The zero-order chi connectivity index (χ0) is 19.2. The molecule has 1 heterocycles. The molecule has 0 spiro atoms. The predicted molar refractivity (Wildman–Crippen MR) is 105 cm³/mol. The van der Waals surface area contributed by atoms with Crippen LogP contribution >= 0.6 is 0 Å². The number of benzene rings is 2. The van der Waals surface area contributed by atoms with E-state index in [-0.39, 0.29) is 16.8 Å². The Morgan fingerprint density at radius 3 is 2.48 bits per heavy atom. The molecule has 0 aromatic heterocycles. The summed E-state index contributed by atoms with van der Waals surface area (Å²) >= 11 is 0. The highest BCUT2D eigenvalue weighted by Crippen LogP contribution is 2.42. The fourth-order valence-corrected chi connectivity index (χ4v) is 5.09. The molecule has 0 radical (unpaired) electrons. The maximum atomic E-state index is 13.0. The first-order valence-corrected chi connectivity index (χ1v) is 10.8. The normalized spacial score (nSPS) is 17.6. The van der Waals surface area contributed by atoms with Gasteiger partial charge in [-0.15, -0.1) is 0 Å². The molecule has 1 atom stereocenters. The van der Waals surface area contributed by atoms with Crippen molar-refractivity contribution in [2.45, 2.75) is 44.0 Å². The quantitative estimate of drug-likeness (QED) is 0.860. The van der Waals surface area contributed by atoms with Crippen LogP contribution in [0.1, 0.15) is 42.5 Å². The molecule has 2 aromatic carbocycles. The Bertz CT molecular complexity index is 979. The number of hydrogen-bond acceptors (Lipinski definition) is 3. The van der Waals surface area contributed by atoms with E-state index in [1.54, 1.807) is 23.1 Å². The largest absolute Gasteiger partial charge is 0.312 e. The van der Waals surface area contributed by atoms with Crippen LogP contribution in [0.2, 0.25) is 0 Å². The first-order valence-electron chi connectivity index (χ1n) is 9.35. The fourth-order valence-electron chi connectivity index (χ4n) is 3.75. The number of nitrogens with zero attached hydrogens (tertiary/aromatic N) is 1. The average molecular weight is 385 g/mol. The van der Waals surface area contributed by atoms with E-state index >= 15 is 0 Å². The summed E-state index contributed by atoms with van der Waals surface area (Å²) in [6.07, 6.45) is 2.76. The Hall–Kier alpha value is -2.18. The molecule has 1 amide bonds. The molecule has 1 aliphatic heterocycles. The second-order valence-corrected chi connectivity index (χ2v) is 9.27. The van der Waals surface area contributed by atoms with Gasteiger partial charge in [-0.3, -0.25) is 4.79 Å². The summed E-state index contributed by atoms with van der Waals surface area (Å²) in [5, 5.41) is 0. The van der Waals surface area contributed by atoms with E-state index in [9.17, 15) is 13.2 Å². The standard InChI is InChI=1S/C21H24N2O3S/c1-14-3-5-16(6-4-14)21(17-7-8-17)22-27(25,26)19-9-10-20-18(13-19)11-12-23(20)15(2)24/h3-6,9-10,13,17,21-22H,7-8,11-12H2,1-2H3. The number of rotatable bonds is 5. The summed E-state index contributed by atoms with van der Waals surface area (Å²) in [5.41, 5.74) is 3.89. The molecule has 1 unspecified atom stereocenters. The minimum atomic E-state index is -3.64. The van der Waals surface area contributed by atoms with E-state index < -0.39 is 10.0 Å². The SMILES string of the molecule is CC(=O)N1CCc2cc(S(=O)(=O)NC(c3ccc(C)cc3)C3CC3)ccc21. The first kappa shape index (κ1) is 18.2. The number of nitrogens with one attached hydrogen (secondary N) is 1. The average Bonchev–Trinajstić information content (AvgIpc) is 3.38. The van der Waals surface area contributed by atoms with Crippen molar-refractivity contribution >= 4 is 21.6 Å². The summed E-state index contributed by atoms with van der Waals surface area (Å²) in [5.74, 6) is 0.334. The molecule has 4 rings (SSSR count). The molecule has 5 nitrogen and oxygen atoms in total. The lowest BCUT2D eigenvalue weighted by molar-refractivity contribution is -0.116. The van der Waals surface area contributed by atoms with E-state index in [2.05, 4.69) is 4.72 Å². The smallest absolute Gasteiger partial charge is 0.241 e. The summed E-state index contributed by atoms with van der Waals surface area (Å²) in [6.45, 7) is 4.16. The lowest BCUT2D eigenvalue weighted by atomic mass is 10.0. The molecule has 1 saturated carbocycles. The maximum Gasteiger partial charge on any atom is 0.241 e. The van der Waals surface area contributed by atoms with Crippen LogP contribution in [-0.4, -0.2) is 20.9 Å². The zero-order valence-electron chi connectivity index (χ0n) is 15.6. The van der Waals surface area contributed by atoms with Crippen LogP contribution in [0.25, 0.3) is 0 Å². The molecule has 1 N–H and O–H groups in total. The first-order chi connectivity index (χ1) is 12.8. The zero-order valence-corrected chi connectivity index (χ0v) is 16.4. The molecule has 2 aliphatic rings. The van der Waals surface area contributed by atoms with Crippen molar-refractivity contribution in [2.24, 2.45) is 5.92 Å². The van der Waals surface area contributed by atoms with Gasteiger partial charge in [-0.05, 0) is 61.4 Å². The molecule has 0 bridgehead atoms. The van der Waals surface area contributed by atoms with E-state index in [4.69, 9.17) is 0 Å². The number of carbonyl (C=O) groups is 1. The van der Waals surface area contributed by atoms with E-state index in [0.29, 0.717) is 18.9 Å². The van der Waals surface area contributed by atoms with Gasteiger partial charge in [0.25, 0.3) is 0 Å². The van der Waals surface area contributed by atoms with Gasteiger partial charge in [-0.25, -0.2) is 13.1 Å². The third kappa shape index (κ3) is 3.64. The van der Waals surface area contributed by atoms with Crippen molar-refractivity contribution in [2.75, 3.05) is 11.4 Å². The van der Waals surface area contributed by atoms with Crippen LogP contribution < -0.4 is 9.62 Å². The van der Waals surface area contributed by atoms with Crippen molar-refractivity contribution in [3.63, 3.8) is 0 Å². The highest BCUT2D eigenvalue weighted by Gasteiger charge is 2.35. The Morgan fingerprint density at radius 2 is 1.85 bits per heavy atom. The Balaban J connectivity index is 1.61. The minimum Gasteiger partial charge on any atom is -0.312 e. The van der Waals surface area contributed by atoms with E-state index in [0.717, 1.165) is 35.2 Å². The molecule has 1 fully saturated rings. The number of aryl methyl sites for hydroxylation is 1. The molecule has 142 valence electrons. The van der Waals surface area contributed by atoms with Crippen LogP contribution in [-0.2, 0) is 21.2 Å². The third-order valence-corrected chi connectivity index (χ3v) is 6.89. The van der Waals surface area contributed by atoms with Gasteiger partial charge in [0, 0.05) is 25.2 Å². The number of anilines is 1. The highest BCUT2D eigenvalue weighted by atomic mass is 32.2. The Labute approximate surface area is 160 Å². The molecular formula is C21H24N2O3S. The van der Waals surface area contributed by atoms with Gasteiger partial charge in [-0.1, -0.05) is 29.8 Å². The van der Waals surface area contributed by atoms with Gasteiger partial charge in [0.05, 0.1) is 4.90 Å². The summed E-state index contributed by atoms with van der Waals surface area (Å²) in [6, 6.07) is 12.9. The summed E-state index contributed by atoms with van der Waals surface area (Å²) < 4.78 is 29.0.